The molecular formula is C16H26N4O2. The molecule has 22 heavy (non-hydrogen) atoms. The van der Waals surface area contributed by atoms with Crippen LogP contribution in [0.2, 0.25) is 0 Å². The second-order valence-electron chi connectivity index (χ2n) is 6.13. The summed E-state index contributed by atoms with van der Waals surface area (Å²) >= 11 is 0. The van der Waals surface area contributed by atoms with Crippen LogP contribution < -0.4 is 0 Å². The van der Waals surface area contributed by atoms with E-state index >= 15 is 0 Å². The van der Waals surface area contributed by atoms with E-state index in [1.54, 1.807) is 24.2 Å². The molecule has 1 amide bonds. The Morgan fingerprint density at radius 2 is 2.05 bits per heavy atom. The molecule has 122 valence electrons. The molecule has 0 aromatic carbocycles. The minimum absolute atomic E-state index is 0.107. The van der Waals surface area contributed by atoms with Crippen LogP contribution in [0.3, 0.4) is 0 Å². The molecule has 1 fully saturated rings. The number of aliphatic hydroxyl groups is 1. The topological polar surface area (TPSA) is 59.9 Å². The van der Waals surface area contributed by atoms with Crippen LogP contribution in [0.25, 0.3) is 0 Å². The number of likely N-dealkylation sites (N-methyl/N-ethyl adjacent to an activating group) is 2. The molecule has 0 radical (unpaired) electrons. The maximum atomic E-state index is 12.3. The molecule has 6 nitrogen and oxygen atoms in total. The number of aryl methyl sites for hydroxylation is 1. The minimum atomic E-state index is -0.532. The molecule has 1 unspecified atom stereocenters. The van der Waals surface area contributed by atoms with E-state index in [-0.39, 0.29) is 5.91 Å². The zero-order chi connectivity index (χ0) is 16.1. The van der Waals surface area contributed by atoms with E-state index in [1.165, 1.54) is 0 Å². The van der Waals surface area contributed by atoms with Crippen molar-refractivity contribution in [3.05, 3.63) is 29.6 Å². The standard InChI is InChI=1S/C16H26N4O2/c1-13-4-5-14(10-17-13)16(22)19(3)11-15(21)12-20-8-6-18(2)7-9-20/h4-5,10,15,21H,6-9,11-12H2,1-3H3. The average Bonchev–Trinajstić information content (AvgIpc) is 2.49. The van der Waals surface area contributed by atoms with E-state index in [0.29, 0.717) is 18.7 Å². The number of aromatic nitrogens is 1. The normalized spacial score (nSPS) is 18.2. The van der Waals surface area contributed by atoms with E-state index in [2.05, 4.69) is 21.8 Å². The van der Waals surface area contributed by atoms with Gasteiger partial charge in [-0.3, -0.25) is 14.7 Å². The van der Waals surface area contributed by atoms with Crippen molar-refractivity contribution in [2.24, 2.45) is 0 Å². The fraction of sp³-hybridized carbons (Fsp3) is 0.625. The van der Waals surface area contributed by atoms with Crippen LogP contribution in [-0.4, -0.2) is 90.2 Å². The second-order valence-corrected chi connectivity index (χ2v) is 6.13. The largest absolute Gasteiger partial charge is 0.390 e. The Kier molecular flexibility index (Phi) is 5.88. The van der Waals surface area contributed by atoms with Gasteiger partial charge in [0.2, 0.25) is 0 Å². The predicted molar refractivity (Wildman–Crippen MR) is 85.9 cm³/mol. The van der Waals surface area contributed by atoms with Gasteiger partial charge in [-0.2, -0.15) is 0 Å². The molecule has 0 bridgehead atoms. The van der Waals surface area contributed by atoms with Crippen molar-refractivity contribution in [3.63, 3.8) is 0 Å². The summed E-state index contributed by atoms with van der Waals surface area (Å²) in [5.41, 5.74) is 1.44. The molecule has 0 saturated carbocycles. The van der Waals surface area contributed by atoms with Gasteiger partial charge in [-0.1, -0.05) is 0 Å². The Morgan fingerprint density at radius 1 is 1.36 bits per heavy atom. The van der Waals surface area contributed by atoms with Gasteiger partial charge in [0.15, 0.2) is 0 Å². The number of amides is 1. The van der Waals surface area contributed by atoms with Crippen LogP contribution in [0.4, 0.5) is 0 Å². The van der Waals surface area contributed by atoms with E-state index in [4.69, 9.17) is 0 Å². The number of pyridine rings is 1. The highest BCUT2D eigenvalue weighted by atomic mass is 16.3. The van der Waals surface area contributed by atoms with Crippen LogP contribution in [-0.2, 0) is 0 Å². The summed E-state index contributed by atoms with van der Waals surface area (Å²) in [6.45, 7) is 6.81. The predicted octanol–water partition coefficient (Wildman–Crippen LogP) is 0.0703. The van der Waals surface area contributed by atoms with Crippen molar-refractivity contribution in [3.8, 4) is 0 Å². The lowest BCUT2D eigenvalue weighted by Gasteiger charge is -2.34. The first-order valence-electron chi connectivity index (χ1n) is 7.73. The highest BCUT2D eigenvalue weighted by molar-refractivity contribution is 5.93. The molecule has 1 aliphatic heterocycles. The van der Waals surface area contributed by atoms with E-state index in [1.807, 2.05) is 13.0 Å². The van der Waals surface area contributed by atoms with Gasteiger partial charge in [0.25, 0.3) is 5.91 Å². The van der Waals surface area contributed by atoms with Crippen LogP contribution >= 0.6 is 0 Å². The molecule has 6 heteroatoms. The van der Waals surface area contributed by atoms with Crippen LogP contribution in [0.5, 0.6) is 0 Å². The number of hydrogen-bond acceptors (Lipinski definition) is 5. The molecule has 1 saturated heterocycles. The number of carbonyl (C=O) groups excluding carboxylic acids is 1. The summed E-state index contributed by atoms with van der Waals surface area (Å²) in [5.74, 6) is -0.107. The summed E-state index contributed by atoms with van der Waals surface area (Å²) in [4.78, 5) is 22.5. The van der Waals surface area contributed by atoms with Crippen LogP contribution in [0.1, 0.15) is 16.1 Å². The maximum absolute atomic E-state index is 12.3. The molecule has 1 aromatic heterocycles. The number of nitrogens with zero attached hydrogens (tertiary/aromatic N) is 4. The zero-order valence-corrected chi connectivity index (χ0v) is 13.7. The van der Waals surface area contributed by atoms with Crippen molar-refractivity contribution in [1.82, 2.24) is 19.7 Å². The van der Waals surface area contributed by atoms with E-state index < -0.39 is 6.10 Å². The second kappa shape index (κ2) is 7.67. The number of aliphatic hydroxyl groups excluding tert-OH is 1. The summed E-state index contributed by atoms with van der Waals surface area (Å²) in [5, 5.41) is 10.2. The first-order chi connectivity index (χ1) is 10.5. The molecule has 1 aromatic rings. The molecule has 1 atom stereocenters. The molecule has 0 aliphatic carbocycles. The summed E-state index contributed by atoms with van der Waals surface area (Å²) in [7, 11) is 3.82. The van der Waals surface area contributed by atoms with Crippen molar-refractivity contribution in [1.29, 1.82) is 0 Å². The lowest BCUT2D eigenvalue weighted by molar-refractivity contribution is 0.0501. The Bertz CT molecular complexity index is 483. The van der Waals surface area contributed by atoms with Crippen LogP contribution in [0, 0.1) is 6.92 Å². The van der Waals surface area contributed by atoms with Gasteiger partial charge in [-0.15, -0.1) is 0 Å². The Morgan fingerprint density at radius 3 is 2.64 bits per heavy atom. The first-order valence-corrected chi connectivity index (χ1v) is 7.73. The van der Waals surface area contributed by atoms with Gasteiger partial charge < -0.3 is 14.9 Å². The number of carbonyl (C=O) groups is 1. The van der Waals surface area contributed by atoms with Gasteiger partial charge in [0, 0.05) is 58.2 Å². The van der Waals surface area contributed by atoms with Gasteiger partial charge in [0.1, 0.15) is 0 Å². The lowest BCUT2D eigenvalue weighted by atomic mass is 10.2. The molecule has 1 N–H and O–H groups in total. The fourth-order valence-corrected chi connectivity index (χ4v) is 2.60. The number of rotatable bonds is 5. The monoisotopic (exact) mass is 306 g/mol. The third-order valence-corrected chi connectivity index (χ3v) is 4.05. The molecule has 1 aliphatic rings. The quantitative estimate of drug-likeness (QED) is 0.834. The number of hydrogen-bond donors (Lipinski definition) is 1. The van der Waals surface area contributed by atoms with Crippen LogP contribution in [0.15, 0.2) is 18.3 Å². The van der Waals surface area contributed by atoms with Gasteiger partial charge >= 0.3 is 0 Å². The summed E-state index contributed by atoms with van der Waals surface area (Å²) in [6.07, 6.45) is 1.05. The third-order valence-electron chi connectivity index (χ3n) is 4.05. The molecular weight excluding hydrogens is 280 g/mol. The van der Waals surface area contributed by atoms with Crippen molar-refractivity contribution >= 4 is 5.91 Å². The minimum Gasteiger partial charge on any atom is -0.390 e. The Labute approximate surface area is 132 Å². The summed E-state index contributed by atoms with van der Waals surface area (Å²) in [6, 6.07) is 3.59. The maximum Gasteiger partial charge on any atom is 0.255 e. The Balaban J connectivity index is 1.81. The molecule has 0 spiro atoms. The highest BCUT2D eigenvalue weighted by Gasteiger charge is 2.20. The SMILES string of the molecule is Cc1ccc(C(=O)N(C)CC(O)CN2CCN(C)CC2)cn1. The molecule has 2 rings (SSSR count). The number of β-amino-alcohol motifs (C(OH)–C–C–N with tert-alkyl or cyclic N) is 1. The first kappa shape index (κ1) is 16.9. The Hall–Kier alpha value is -1.50. The van der Waals surface area contributed by atoms with Crippen molar-refractivity contribution in [2.45, 2.75) is 13.0 Å². The third kappa shape index (κ3) is 4.76. The van der Waals surface area contributed by atoms with E-state index in [0.717, 1.165) is 31.9 Å². The van der Waals surface area contributed by atoms with Gasteiger partial charge in [-0.25, -0.2) is 0 Å². The smallest absolute Gasteiger partial charge is 0.255 e. The zero-order valence-electron chi connectivity index (χ0n) is 13.7. The highest BCUT2D eigenvalue weighted by Crippen LogP contribution is 2.06. The average molecular weight is 306 g/mol. The lowest BCUT2D eigenvalue weighted by Crippen LogP contribution is -2.49. The van der Waals surface area contributed by atoms with Gasteiger partial charge in [-0.05, 0) is 26.1 Å². The fourth-order valence-electron chi connectivity index (χ4n) is 2.60. The van der Waals surface area contributed by atoms with Crippen molar-refractivity contribution in [2.75, 3.05) is 53.4 Å². The number of piperazine rings is 1. The van der Waals surface area contributed by atoms with Gasteiger partial charge in [0.05, 0.1) is 11.7 Å². The van der Waals surface area contributed by atoms with E-state index in [9.17, 15) is 9.90 Å². The molecule has 2 heterocycles. The summed E-state index contributed by atoms with van der Waals surface area (Å²) < 4.78 is 0. The van der Waals surface area contributed by atoms with Crippen molar-refractivity contribution < 1.29 is 9.90 Å².